The average molecular weight is 616 g/mol. The summed E-state index contributed by atoms with van der Waals surface area (Å²) in [6.07, 6.45) is 13.3. The average Bonchev–Trinajstić information content (AvgIpc) is 3.34. The molecule has 0 aromatic rings. The smallest absolute Gasteiger partial charge is 0.309 e. The van der Waals surface area contributed by atoms with Gasteiger partial charge >= 0.3 is 11.9 Å². The summed E-state index contributed by atoms with van der Waals surface area (Å²) in [5.74, 6) is 1.25. The third-order valence-electron chi connectivity index (χ3n) is 15.1. The third-order valence-corrected chi connectivity index (χ3v) is 15.1. The van der Waals surface area contributed by atoms with Crippen molar-refractivity contribution in [2.75, 3.05) is 20.3 Å². The second kappa shape index (κ2) is 11.6. The molecule has 2 unspecified atom stereocenters. The highest BCUT2D eigenvalue weighted by Gasteiger charge is 2.70. The van der Waals surface area contributed by atoms with Crippen LogP contribution in [-0.4, -0.2) is 49.3 Å². The van der Waals surface area contributed by atoms with Crippen LogP contribution in [0.2, 0.25) is 0 Å². The van der Waals surface area contributed by atoms with Gasteiger partial charge < -0.3 is 19.9 Å². The Kier molecular flexibility index (Phi) is 8.86. The van der Waals surface area contributed by atoms with Crippen LogP contribution < -0.4 is 5.32 Å². The topological polar surface area (TPSA) is 102 Å². The van der Waals surface area contributed by atoms with Crippen molar-refractivity contribution in [1.82, 2.24) is 5.32 Å². The Labute approximate surface area is 266 Å². The van der Waals surface area contributed by atoms with Gasteiger partial charge in [0.25, 0.3) is 0 Å². The summed E-state index contributed by atoms with van der Waals surface area (Å²) in [6.45, 7) is 16.8. The fourth-order valence-electron chi connectivity index (χ4n) is 12.5. The van der Waals surface area contributed by atoms with Crippen LogP contribution in [0.5, 0.6) is 0 Å². The molecule has 1 amide bonds. The van der Waals surface area contributed by atoms with E-state index in [1.807, 2.05) is 0 Å². The SMILES string of the molecule is COCCNC(=O)C[C@]12CCC[C@@H]1[C@H]1CCC3[C@@]4(C)CC[C@H](OC(=O)CC(C)(C)C(=O)O)C(C)(C)C4CC[C@@]3(C)[C@]1(C)CC2. The minimum absolute atomic E-state index is 0.102. The molecule has 0 aromatic heterocycles. The molecule has 7 heteroatoms. The van der Waals surface area contributed by atoms with Crippen molar-refractivity contribution in [1.29, 1.82) is 0 Å². The Bertz CT molecular complexity index is 1130. The number of nitrogens with one attached hydrogen (secondary N) is 1. The van der Waals surface area contributed by atoms with E-state index >= 15 is 0 Å². The maximum absolute atomic E-state index is 13.1. The minimum Gasteiger partial charge on any atom is -0.481 e. The fourth-order valence-corrected chi connectivity index (χ4v) is 12.5. The number of aliphatic carboxylic acids is 1. The molecular formula is C37H61NO6. The third kappa shape index (κ3) is 5.23. The molecule has 5 saturated carbocycles. The van der Waals surface area contributed by atoms with Gasteiger partial charge in [0.2, 0.25) is 5.91 Å². The van der Waals surface area contributed by atoms with Crippen molar-refractivity contribution >= 4 is 17.8 Å². The number of rotatable bonds is 9. The van der Waals surface area contributed by atoms with Crippen molar-refractivity contribution < 1.29 is 29.0 Å². The Morgan fingerprint density at radius 2 is 1.57 bits per heavy atom. The van der Waals surface area contributed by atoms with Gasteiger partial charge in [0.15, 0.2) is 0 Å². The van der Waals surface area contributed by atoms with Gasteiger partial charge in [-0.05, 0) is 123 Å². The van der Waals surface area contributed by atoms with Gasteiger partial charge in [-0.1, -0.05) is 41.0 Å². The van der Waals surface area contributed by atoms with Crippen LogP contribution in [0.15, 0.2) is 0 Å². The number of amides is 1. The Hall–Kier alpha value is -1.63. The molecule has 9 atom stereocenters. The van der Waals surface area contributed by atoms with E-state index in [2.05, 4.69) is 39.9 Å². The molecule has 0 bridgehead atoms. The second-order valence-corrected chi connectivity index (χ2v) is 17.8. The van der Waals surface area contributed by atoms with Gasteiger partial charge in [0, 0.05) is 25.5 Å². The normalized spacial score (nSPS) is 42.7. The number of fused-ring (bicyclic) bond motifs is 7. The molecule has 5 rings (SSSR count). The molecule has 44 heavy (non-hydrogen) atoms. The molecular weight excluding hydrogens is 554 g/mol. The molecule has 2 N–H and O–H groups in total. The monoisotopic (exact) mass is 615 g/mol. The van der Waals surface area contributed by atoms with E-state index in [9.17, 15) is 19.5 Å². The van der Waals surface area contributed by atoms with Crippen molar-refractivity contribution in [3.8, 4) is 0 Å². The molecule has 0 saturated heterocycles. The second-order valence-electron chi connectivity index (χ2n) is 17.8. The summed E-state index contributed by atoms with van der Waals surface area (Å²) in [4.78, 5) is 37.7. The number of carbonyl (C=O) groups excluding carboxylic acids is 2. The number of carbonyl (C=O) groups is 3. The Morgan fingerprint density at radius 1 is 0.841 bits per heavy atom. The number of ether oxygens (including phenoxy) is 2. The molecule has 0 radical (unpaired) electrons. The summed E-state index contributed by atoms with van der Waals surface area (Å²) in [6, 6.07) is 0. The highest BCUT2D eigenvalue weighted by atomic mass is 16.5. The molecule has 0 aromatic carbocycles. The van der Waals surface area contributed by atoms with E-state index < -0.39 is 11.4 Å². The van der Waals surface area contributed by atoms with Crippen molar-refractivity contribution in [2.24, 2.45) is 56.2 Å². The number of hydrogen-bond donors (Lipinski definition) is 2. The molecule has 5 aliphatic rings. The molecule has 0 spiro atoms. The number of hydrogen-bond acceptors (Lipinski definition) is 5. The van der Waals surface area contributed by atoms with E-state index in [0.29, 0.717) is 43.2 Å². The number of carboxylic acids is 1. The quantitative estimate of drug-likeness (QED) is 0.207. The first-order valence-corrected chi connectivity index (χ1v) is 17.7. The molecule has 5 fully saturated rings. The van der Waals surface area contributed by atoms with Crippen LogP contribution in [0, 0.1) is 56.2 Å². The van der Waals surface area contributed by atoms with Gasteiger partial charge in [0.05, 0.1) is 18.4 Å². The first-order valence-electron chi connectivity index (χ1n) is 17.7. The highest BCUT2D eigenvalue weighted by Crippen LogP contribution is 2.77. The Balaban J connectivity index is 1.34. The minimum atomic E-state index is -1.13. The van der Waals surface area contributed by atoms with Gasteiger partial charge in [-0.25, -0.2) is 0 Å². The number of carboxylic acid groups (broad SMARTS) is 1. The predicted molar refractivity (Wildman–Crippen MR) is 171 cm³/mol. The number of esters is 1. The zero-order valence-corrected chi connectivity index (χ0v) is 29.0. The van der Waals surface area contributed by atoms with Gasteiger partial charge in [0.1, 0.15) is 6.10 Å². The summed E-state index contributed by atoms with van der Waals surface area (Å²) >= 11 is 0. The first kappa shape index (κ1) is 33.7. The van der Waals surface area contributed by atoms with E-state index in [1.165, 1.54) is 51.4 Å². The largest absolute Gasteiger partial charge is 0.481 e. The van der Waals surface area contributed by atoms with Crippen LogP contribution in [-0.2, 0) is 23.9 Å². The molecule has 250 valence electrons. The molecule has 0 heterocycles. The van der Waals surface area contributed by atoms with Crippen molar-refractivity contribution in [3.63, 3.8) is 0 Å². The zero-order chi connectivity index (χ0) is 32.3. The fraction of sp³-hybridized carbons (Fsp3) is 0.919. The van der Waals surface area contributed by atoms with Gasteiger partial charge in [-0.15, -0.1) is 0 Å². The van der Waals surface area contributed by atoms with Crippen LogP contribution in [0.1, 0.15) is 132 Å². The standard InChI is InChI=1S/C37H61NO6/c1-32(2,31(41)42)23-30(40)44-28-14-16-34(5)26(33(28,3)4)13-17-36(7)27(34)12-11-24-25-10-9-15-37(25,19-18-35(24,36)6)22-29(39)38-20-21-43-8/h24-28H,9-23H2,1-8H3,(H,38,39)(H,41,42)/t24-,25-,26?,27?,28+,34+,35-,36-,37-/m1/s1. The van der Waals surface area contributed by atoms with Crippen molar-refractivity contribution in [3.05, 3.63) is 0 Å². The lowest BCUT2D eigenvalue weighted by Gasteiger charge is -2.72. The summed E-state index contributed by atoms with van der Waals surface area (Å²) < 4.78 is 11.3. The van der Waals surface area contributed by atoms with Gasteiger partial charge in [-0.2, -0.15) is 0 Å². The van der Waals surface area contributed by atoms with E-state index in [1.54, 1.807) is 21.0 Å². The zero-order valence-electron chi connectivity index (χ0n) is 29.0. The van der Waals surface area contributed by atoms with Crippen LogP contribution >= 0.6 is 0 Å². The maximum Gasteiger partial charge on any atom is 0.309 e. The van der Waals surface area contributed by atoms with E-state index in [4.69, 9.17) is 9.47 Å². The lowest BCUT2D eigenvalue weighted by Crippen LogP contribution is -2.66. The maximum atomic E-state index is 13.1. The summed E-state index contributed by atoms with van der Waals surface area (Å²) in [5.41, 5.74) is -0.440. The van der Waals surface area contributed by atoms with Crippen LogP contribution in [0.25, 0.3) is 0 Å². The van der Waals surface area contributed by atoms with Crippen LogP contribution in [0.3, 0.4) is 0 Å². The molecule has 5 aliphatic carbocycles. The van der Waals surface area contributed by atoms with Crippen LogP contribution in [0.4, 0.5) is 0 Å². The predicted octanol–water partition coefficient (Wildman–Crippen LogP) is 7.41. The van der Waals surface area contributed by atoms with E-state index in [-0.39, 0.29) is 51.5 Å². The lowest BCUT2D eigenvalue weighted by atomic mass is 9.32. The number of methoxy groups -OCH3 is 1. The molecule has 0 aliphatic heterocycles. The summed E-state index contributed by atoms with van der Waals surface area (Å²) in [5, 5.41) is 12.7. The van der Waals surface area contributed by atoms with Gasteiger partial charge in [-0.3, -0.25) is 14.4 Å². The van der Waals surface area contributed by atoms with Crippen molar-refractivity contribution in [2.45, 2.75) is 138 Å². The lowest BCUT2D eigenvalue weighted by molar-refractivity contribution is -0.248. The molecule has 7 nitrogen and oxygen atoms in total. The first-order chi connectivity index (χ1) is 20.5. The highest BCUT2D eigenvalue weighted by molar-refractivity contribution is 5.81. The Morgan fingerprint density at radius 3 is 2.25 bits per heavy atom. The van der Waals surface area contributed by atoms with E-state index in [0.717, 1.165) is 19.3 Å². The summed E-state index contributed by atoms with van der Waals surface area (Å²) in [7, 11) is 1.68.